The van der Waals surface area contributed by atoms with Gasteiger partial charge in [0, 0.05) is 31.7 Å². The predicted molar refractivity (Wildman–Crippen MR) is 92.9 cm³/mol. The normalized spacial score (nSPS) is 26.2. The molecule has 3 heterocycles. The van der Waals surface area contributed by atoms with Crippen LogP contribution in [0.1, 0.15) is 23.0 Å². The van der Waals surface area contributed by atoms with E-state index in [9.17, 15) is 9.18 Å². The lowest BCUT2D eigenvalue weighted by Crippen LogP contribution is -2.42. The van der Waals surface area contributed by atoms with E-state index in [1.165, 1.54) is 12.1 Å². The fraction of sp³-hybridized carbons (Fsp3) is 0.421. The quantitative estimate of drug-likeness (QED) is 0.901. The molecule has 0 radical (unpaired) electrons. The monoisotopic (exact) mass is 356 g/mol. The average Bonchev–Trinajstić information content (AvgIpc) is 2.83. The fourth-order valence-electron chi connectivity index (χ4n) is 3.87. The molecule has 2 fully saturated rings. The minimum Gasteiger partial charge on any atom is -0.366 e. The molecule has 0 aliphatic carbocycles. The Morgan fingerprint density at radius 2 is 2.12 bits per heavy atom. The zero-order chi connectivity index (χ0) is 18.1. The number of nitrogens with zero attached hydrogens (tertiary/aromatic N) is 3. The Balaban J connectivity index is 1.61. The molecule has 0 saturated carbocycles. The number of rotatable bonds is 3. The molecule has 1 amide bonds. The van der Waals surface area contributed by atoms with Gasteiger partial charge in [0.2, 0.25) is 5.91 Å². The standard InChI is InChI=1S/C19H21FN4O2/c1-12-21-7-6-15(23-12)9-24-10-16(13-2-4-14(20)5-3-13)19-17(24)8-22-18(25)11-26-19/h2-7,16-17,19H,8-11H2,1H3,(H,22,25)/t16-,17-,19-/m1/s1. The summed E-state index contributed by atoms with van der Waals surface area (Å²) in [5.41, 5.74) is 1.96. The maximum atomic E-state index is 13.3. The van der Waals surface area contributed by atoms with Crippen LogP contribution in [0.15, 0.2) is 36.5 Å². The van der Waals surface area contributed by atoms with Crippen LogP contribution in [-0.4, -0.2) is 52.6 Å². The van der Waals surface area contributed by atoms with Crippen molar-refractivity contribution in [2.24, 2.45) is 0 Å². The van der Waals surface area contributed by atoms with Crippen molar-refractivity contribution in [1.82, 2.24) is 20.2 Å². The van der Waals surface area contributed by atoms with E-state index in [1.807, 2.05) is 13.0 Å². The summed E-state index contributed by atoms with van der Waals surface area (Å²) in [6, 6.07) is 8.51. The van der Waals surface area contributed by atoms with E-state index < -0.39 is 0 Å². The molecule has 0 spiro atoms. The number of fused-ring (bicyclic) bond motifs is 1. The summed E-state index contributed by atoms with van der Waals surface area (Å²) in [5, 5.41) is 2.93. The van der Waals surface area contributed by atoms with Crippen molar-refractivity contribution in [3.05, 3.63) is 59.4 Å². The van der Waals surface area contributed by atoms with Gasteiger partial charge in [0.1, 0.15) is 18.2 Å². The van der Waals surface area contributed by atoms with E-state index in [-0.39, 0.29) is 36.4 Å². The molecule has 2 aliphatic rings. The van der Waals surface area contributed by atoms with E-state index in [0.29, 0.717) is 13.1 Å². The number of carbonyl (C=O) groups excluding carboxylic acids is 1. The molecule has 1 N–H and O–H groups in total. The van der Waals surface area contributed by atoms with Gasteiger partial charge in [-0.15, -0.1) is 0 Å². The maximum Gasteiger partial charge on any atom is 0.246 e. The highest BCUT2D eigenvalue weighted by molar-refractivity contribution is 5.77. The van der Waals surface area contributed by atoms with Gasteiger partial charge in [-0.2, -0.15) is 0 Å². The Bertz CT molecular complexity index is 798. The van der Waals surface area contributed by atoms with Gasteiger partial charge < -0.3 is 10.1 Å². The number of carbonyl (C=O) groups is 1. The number of ether oxygens (including phenoxy) is 1. The Hall–Kier alpha value is -2.38. The van der Waals surface area contributed by atoms with Gasteiger partial charge in [-0.25, -0.2) is 14.4 Å². The molecule has 136 valence electrons. The third kappa shape index (κ3) is 3.45. The number of aryl methyl sites for hydroxylation is 1. The molecule has 6 nitrogen and oxygen atoms in total. The summed E-state index contributed by atoms with van der Waals surface area (Å²) in [7, 11) is 0. The lowest BCUT2D eigenvalue weighted by molar-refractivity contribution is -0.125. The van der Waals surface area contributed by atoms with Gasteiger partial charge in [-0.1, -0.05) is 12.1 Å². The van der Waals surface area contributed by atoms with Crippen molar-refractivity contribution in [3.63, 3.8) is 0 Å². The zero-order valence-corrected chi connectivity index (χ0v) is 14.6. The van der Waals surface area contributed by atoms with Crippen LogP contribution < -0.4 is 5.32 Å². The van der Waals surface area contributed by atoms with E-state index in [1.54, 1.807) is 18.3 Å². The van der Waals surface area contributed by atoms with E-state index in [0.717, 1.165) is 23.6 Å². The Morgan fingerprint density at radius 1 is 1.31 bits per heavy atom. The summed E-state index contributed by atoms with van der Waals surface area (Å²) in [4.78, 5) is 22.7. The summed E-state index contributed by atoms with van der Waals surface area (Å²) >= 11 is 0. The van der Waals surface area contributed by atoms with Crippen LogP contribution in [0.3, 0.4) is 0 Å². The number of nitrogens with one attached hydrogen (secondary N) is 1. The topological polar surface area (TPSA) is 67.4 Å². The predicted octanol–water partition coefficient (Wildman–Crippen LogP) is 1.41. The van der Waals surface area contributed by atoms with Crippen LogP contribution in [0.4, 0.5) is 4.39 Å². The number of aromatic nitrogens is 2. The maximum absolute atomic E-state index is 13.3. The number of hydrogen-bond acceptors (Lipinski definition) is 5. The highest BCUT2D eigenvalue weighted by Gasteiger charge is 2.44. The van der Waals surface area contributed by atoms with Crippen LogP contribution >= 0.6 is 0 Å². The molecule has 2 saturated heterocycles. The highest BCUT2D eigenvalue weighted by Crippen LogP contribution is 2.35. The largest absolute Gasteiger partial charge is 0.366 e. The third-order valence-electron chi connectivity index (χ3n) is 5.09. The smallest absolute Gasteiger partial charge is 0.246 e. The molecule has 2 aromatic rings. The van der Waals surface area contributed by atoms with Crippen molar-refractivity contribution in [2.75, 3.05) is 19.7 Å². The van der Waals surface area contributed by atoms with Crippen molar-refractivity contribution < 1.29 is 13.9 Å². The van der Waals surface area contributed by atoms with Gasteiger partial charge in [0.05, 0.1) is 17.8 Å². The second-order valence-electron chi connectivity index (χ2n) is 6.83. The number of hydrogen-bond donors (Lipinski definition) is 1. The molecule has 0 bridgehead atoms. The van der Waals surface area contributed by atoms with Crippen molar-refractivity contribution in [2.45, 2.75) is 31.5 Å². The summed E-state index contributed by atoms with van der Waals surface area (Å²) in [5.74, 6) is 0.459. The van der Waals surface area contributed by atoms with Crippen molar-refractivity contribution in [3.8, 4) is 0 Å². The lowest BCUT2D eigenvalue weighted by atomic mass is 9.93. The molecular weight excluding hydrogens is 335 g/mol. The Morgan fingerprint density at radius 3 is 2.88 bits per heavy atom. The summed E-state index contributed by atoms with van der Waals surface area (Å²) in [6.45, 7) is 3.87. The minimum absolute atomic E-state index is 0.0479. The molecule has 26 heavy (non-hydrogen) atoms. The van der Waals surface area contributed by atoms with Gasteiger partial charge >= 0.3 is 0 Å². The summed E-state index contributed by atoms with van der Waals surface area (Å²) in [6.07, 6.45) is 1.64. The van der Waals surface area contributed by atoms with Gasteiger partial charge in [0.25, 0.3) is 0 Å². The molecule has 4 rings (SSSR count). The molecule has 1 aromatic heterocycles. The van der Waals surface area contributed by atoms with Crippen LogP contribution in [0.2, 0.25) is 0 Å². The zero-order valence-electron chi connectivity index (χ0n) is 14.6. The number of halogens is 1. The fourth-order valence-corrected chi connectivity index (χ4v) is 3.87. The molecule has 2 aliphatic heterocycles. The molecule has 7 heteroatoms. The minimum atomic E-state index is -0.254. The van der Waals surface area contributed by atoms with Crippen LogP contribution in [0, 0.1) is 12.7 Å². The van der Waals surface area contributed by atoms with E-state index in [2.05, 4.69) is 20.2 Å². The van der Waals surface area contributed by atoms with Crippen molar-refractivity contribution >= 4 is 5.91 Å². The van der Waals surface area contributed by atoms with Crippen LogP contribution in [0.5, 0.6) is 0 Å². The Kier molecular flexibility index (Phi) is 4.65. The van der Waals surface area contributed by atoms with E-state index >= 15 is 0 Å². The second kappa shape index (κ2) is 7.09. The highest BCUT2D eigenvalue weighted by atomic mass is 19.1. The van der Waals surface area contributed by atoms with Crippen LogP contribution in [-0.2, 0) is 16.1 Å². The number of benzene rings is 1. The number of amides is 1. The van der Waals surface area contributed by atoms with E-state index in [4.69, 9.17) is 4.74 Å². The van der Waals surface area contributed by atoms with Gasteiger partial charge in [-0.3, -0.25) is 9.69 Å². The molecule has 1 aromatic carbocycles. The molecule has 0 unspecified atom stereocenters. The first-order valence-corrected chi connectivity index (χ1v) is 8.76. The SMILES string of the molecule is Cc1nccc(CN2C[C@H](c3ccc(F)cc3)[C@H]3OCC(=O)NC[C@H]32)n1. The Labute approximate surface area is 151 Å². The third-order valence-corrected chi connectivity index (χ3v) is 5.09. The van der Waals surface area contributed by atoms with Gasteiger partial charge in [0.15, 0.2) is 0 Å². The van der Waals surface area contributed by atoms with Crippen LogP contribution in [0.25, 0.3) is 0 Å². The molecule has 3 atom stereocenters. The average molecular weight is 356 g/mol. The first kappa shape index (κ1) is 17.1. The molecular formula is C19H21FN4O2. The number of likely N-dealkylation sites (tertiary alicyclic amines) is 1. The second-order valence-corrected chi connectivity index (χ2v) is 6.83. The first-order chi connectivity index (χ1) is 12.6. The van der Waals surface area contributed by atoms with Gasteiger partial charge in [-0.05, 0) is 30.7 Å². The summed E-state index contributed by atoms with van der Waals surface area (Å²) < 4.78 is 19.3. The van der Waals surface area contributed by atoms with Crippen molar-refractivity contribution in [1.29, 1.82) is 0 Å². The lowest BCUT2D eigenvalue weighted by Gasteiger charge is -2.25. The first-order valence-electron chi connectivity index (χ1n) is 8.76.